The molecule has 146 valence electrons. The van der Waals surface area contributed by atoms with E-state index in [0.717, 1.165) is 19.5 Å². The number of hydrogen-bond donors (Lipinski definition) is 0. The van der Waals surface area contributed by atoms with E-state index >= 15 is 0 Å². The van der Waals surface area contributed by atoms with Crippen LogP contribution in [-0.2, 0) is 4.79 Å². The molecular weight excluding hydrogens is 382 g/mol. The number of piperidine rings is 1. The van der Waals surface area contributed by atoms with Crippen LogP contribution in [0.4, 0.5) is 0 Å². The number of benzene rings is 1. The van der Waals surface area contributed by atoms with E-state index < -0.39 is 0 Å². The van der Waals surface area contributed by atoms with Crippen LogP contribution in [0.1, 0.15) is 40.2 Å². The van der Waals surface area contributed by atoms with E-state index in [-0.39, 0.29) is 23.3 Å². The van der Waals surface area contributed by atoms with Crippen molar-refractivity contribution in [1.29, 1.82) is 0 Å². The second-order valence-electron chi connectivity index (χ2n) is 7.86. The standard InChI is InChI=1S/C20H26ClN3O2S/c1-12(2)24-19(26)16-6-5-15(21)8-17(16)22-20(24)27-11-18(25)23-9-13(3)7-14(4)10-23/h5-6,8,12-14H,7,9-11H2,1-4H3/t13-,14-/m0/s1. The molecule has 0 unspecified atom stereocenters. The second-order valence-corrected chi connectivity index (χ2v) is 9.24. The molecule has 0 N–H and O–H groups in total. The molecule has 1 aliphatic heterocycles. The highest BCUT2D eigenvalue weighted by Crippen LogP contribution is 2.25. The lowest BCUT2D eigenvalue weighted by Crippen LogP contribution is -2.43. The molecule has 0 aliphatic carbocycles. The van der Waals surface area contributed by atoms with Gasteiger partial charge in [0.15, 0.2) is 5.16 Å². The van der Waals surface area contributed by atoms with E-state index in [0.29, 0.717) is 32.9 Å². The van der Waals surface area contributed by atoms with Crippen molar-refractivity contribution in [2.24, 2.45) is 11.8 Å². The Morgan fingerprint density at radius 1 is 1.30 bits per heavy atom. The average Bonchev–Trinajstić information content (AvgIpc) is 2.58. The fraction of sp³-hybridized carbons (Fsp3) is 0.550. The van der Waals surface area contributed by atoms with Gasteiger partial charge in [-0.2, -0.15) is 0 Å². The van der Waals surface area contributed by atoms with Crippen molar-refractivity contribution < 1.29 is 4.79 Å². The van der Waals surface area contributed by atoms with E-state index in [9.17, 15) is 9.59 Å². The van der Waals surface area contributed by atoms with Gasteiger partial charge in [-0.1, -0.05) is 37.2 Å². The molecule has 0 saturated carbocycles. The van der Waals surface area contributed by atoms with Gasteiger partial charge in [0.25, 0.3) is 5.56 Å². The highest BCUT2D eigenvalue weighted by atomic mass is 35.5. The van der Waals surface area contributed by atoms with Crippen LogP contribution in [0.15, 0.2) is 28.2 Å². The van der Waals surface area contributed by atoms with Gasteiger partial charge in [0.2, 0.25) is 5.91 Å². The largest absolute Gasteiger partial charge is 0.341 e. The van der Waals surface area contributed by atoms with E-state index in [1.807, 2.05) is 18.7 Å². The molecule has 1 aromatic carbocycles. The summed E-state index contributed by atoms with van der Waals surface area (Å²) in [4.78, 5) is 32.2. The highest BCUT2D eigenvalue weighted by molar-refractivity contribution is 7.99. The molecule has 2 atom stereocenters. The van der Waals surface area contributed by atoms with Gasteiger partial charge in [-0.15, -0.1) is 0 Å². The minimum absolute atomic E-state index is 0.0438. The minimum Gasteiger partial charge on any atom is -0.341 e. The molecule has 1 amide bonds. The number of carbonyl (C=O) groups excluding carboxylic acids is 1. The van der Waals surface area contributed by atoms with Crippen molar-refractivity contribution in [3.63, 3.8) is 0 Å². The van der Waals surface area contributed by atoms with E-state index in [1.165, 1.54) is 11.8 Å². The van der Waals surface area contributed by atoms with Gasteiger partial charge < -0.3 is 4.90 Å². The number of carbonyl (C=O) groups is 1. The van der Waals surface area contributed by atoms with Crippen LogP contribution in [0, 0.1) is 11.8 Å². The molecule has 0 bridgehead atoms. The summed E-state index contributed by atoms with van der Waals surface area (Å²) in [6.07, 6.45) is 1.16. The third-order valence-electron chi connectivity index (χ3n) is 4.89. The van der Waals surface area contributed by atoms with E-state index in [1.54, 1.807) is 22.8 Å². The Balaban J connectivity index is 1.86. The van der Waals surface area contributed by atoms with Crippen LogP contribution < -0.4 is 5.56 Å². The predicted octanol–water partition coefficient (Wildman–Crippen LogP) is 4.23. The average molecular weight is 408 g/mol. The molecule has 7 heteroatoms. The third-order valence-corrected chi connectivity index (χ3v) is 6.07. The molecule has 2 aromatic rings. The molecule has 5 nitrogen and oxygen atoms in total. The Morgan fingerprint density at radius 3 is 2.59 bits per heavy atom. The third kappa shape index (κ3) is 4.49. The number of likely N-dealkylation sites (tertiary alicyclic amines) is 1. The van der Waals surface area contributed by atoms with Crippen molar-refractivity contribution >= 4 is 40.2 Å². The van der Waals surface area contributed by atoms with Crippen molar-refractivity contribution in [3.8, 4) is 0 Å². The van der Waals surface area contributed by atoms with Crippen LogP contribution in [0.25, 0.3) is 10.9 Å². The molecular formula is C20H26ClN3O2S. The quantitative estimate of drug-likeness (QED) is 0.562. The number of nitrogens with zero attached hydrogens (tertiary/aromatic N) is 3. The maximum Gasteiger partial charge on any atom is 0.262 e. The van der Waals surface area contributed by atoms with Gasteiger partial charge in [0.1, 0.15) is 0 Å². The lowest BCUT2D eigenvalue weighted by atomic mass is 9.92. The summed E-state index contributed by atoms with van der Waals surface area (Å²) in [5, 5.41) is 1.65. The summed E-state index contributed by atoms with van der Waals surface area (Å²) in [6.45, 7) is 9.89. The molecule has 27 heavy (non-hydrogen) atoms. The number of thioether (sulfide) groups is 1. The van der Waals surface area contributed by atoms with Gasteiger partial charge >= 0.3 is 0 Å². The SMILES string of the molecule is CC(C)n1c(SCC(=O)N2C[C@@H](C)C[C@H](C)C2)nc2cc(Cl)ccc2c1=O. The van der Waals surface area contributed by atoms with Crippen molar-refractivity contribution in [3.05, 3.63) is 33.6 Å². The van der Waals surface area contributed by atoms with Gasteiger partial charge in [0, 0.05) is 24.2 Å². The van der Waals surface area contributed by atoms with Gasteiger partial charge in [-0.25, -0.2) is 4.98 Å². The first-order chi connectivity index (χ1) is 12.8. The van der Waals surface area contributed by atoms with E-state index in [4.69, 9.17) is 11.6 Å². The van der Waals surface area contributed by atoms with Gasteiger partial charge in [-0.05, 0) is 50.3 Å². The zero-order valence-electron chi connectivity index (χ0n) is 16.2. The lowest BCUT2D eigenvalue weighted by Gasteiger charge is -2.35. The minimum atomic E-state index is -0.0955. The number of aromatic nitrogens is 2. The first kappa shape index (κ1) is 20.2. The van der Waals surface area contributed by atoms with Crippen molar-refractivity contribution in [2.75, 3.05) is 18.8 Å². The first-order valence-corrected chi connectivity index (χ1v) is 10.7. The Morgan fingerprint density at radius 2 is 1.96 bits per heavy atom. The molecule has 1 fully saturated rings. The molecule has 0 radical (unpaired) electrons. The maximum atomic E-state index is 12.9. The fourth-order valence-electron chi connectivity index (χ4n) is 3.79. The first-order valence-electron chi connectivity index (χ1n) is 9.38. The highest BCUT2D eigenvalue weighted by Gasteiger charge is 2.26. The molecule has 2 heterocycles. The summed E-state index contributed by atoms with van der Waals surface area (Å²) in [6, 6.07) is 5.06. The summed E-state index contributed by atoms with van der Waals surface area (Å²) in [7, 11) is 0. The Labute approximate surface area is 169 Å². The monoisotopic (exact) mass is 407 g/mol. The molecule has 1 aliphatic rings. The number of fused-ring (bicyclic) bond motifs is 1. The zero-order chi connectivity index (χ0) is 19.7. The fourth-order valence-corrected chi connectivity index (χ4v) is 4.99. The summed E-state index contributed by atoms with van der Waals surface area (Å²) in [5.41, 5.74) is 0.474. The molecule has 1 saturated heterocycles. The van der Waals surface area contributed by atoms with Crippen LogP contribution in [-0.4, -0.2) is 39.2 Å². The molecule has 3 rings (SSSR count). The normalized spacial score (nSPS) is 20.4. The Bertz CT molecular complexity index is 902. The van der Waals surface area contributed by atoms with Crippen LogP contribution in [0.3, 0.4) is 0 Å². The smallest absolute Gasteiger partial charge is 0.262 e. The predicted molar refractivity (Wildman–Crippen MR) is 112 cm³/mol. The van der Waals surface area contributed by atoms with Crippen molar-refractivity contribution in [1.82, 2.24) is 14.5 Å². The summed E-state index contributed by atoms with van der Waals surface area (Å²) in [5.74, 6) is 1.44. The summed E-state index contributed by atoms with van der Waals surface area (Å²) >= 11 is 7.40. The van der Waals surface area contributed by atoms with E-state index in [2.05, 4.69) is 18.8 Å². The van der Waals surface area contributed by atoms with Crippen LogP contribution in [0.5, 0.6) is 0 Å². The number of rotatable bonds is 4. The lowest BCUT2D eigenvalue weighted by molar-refractivity contribution is -0.130. The molecule has 0 spiro atoms. The molecule has 1 aromatic heterocycles. The maximum absolute atomic E-state index is 12.9. The summed E-state index contributed by atoms with van der Waals surface area (Å²) < 4.78 is 1.66. The van der Waals surface area contributed by atoms with Crippen LogP contribution in [0.2, 0.25) is 5.02 Å². The van der Waals surface area contributed by atoms with Gasteiger partial charge in [-0.3, -0.25) is 14.2 Å². The Hall–Kier alpha value is -1.53. The number of hydrogen-bond acceptors (Lipinski definition) is 4. The second kappa shape index (κ2) is 8.23. The van der Waals surface area contributed by atoms with Crippen LogP contribution >= 0.6 is 23.4 Å². The van der Waals surface area contributed by atoms with Gasteiger partial charge in [0.05, 0.1) is 16.7 Å². The topological polar surface area (TPSA) is 55.2 Å². The van der Waals surface area contributed by atoms with Crippen molar-refractivity contribution in [2.45, 2.75) is 45.3 Å². The zero-order valence-corrected chi connectivity index (χ0v) is 17.8. The number of amides is 1. The Kier molecular flexibility index (Phi) is 6.16. The number of halogens is 1.